The molecule has 0 fully saturated rings. The Bertz CT molecular complexity index is 916. The summed E-state index contributed by atoms with van der Waals surface area (Å²) in [5.41, 5.74) is 3.20. The summed E-state index contributed by atoms with van der Waals surface area (Å²) in [7, 11) is 0. The number of fused-ring (bicyclic) bond motifs is 1. The van der Waals surface area contributed by atoms with E-state index in [0.717, 1.165) is 36.0 Å². The lowest BCUT2D eigenvalue weighted by atomic mass is 10.2. The fraction of sp³-hybridized carbons (Fsp3) is 0.286. The molecular weight excluding hydrogens is 342 g/mol. The molecular formula is C21H23N3O3. The van der Waals surface area contributed by atoms with Crippen LogP contribution in [0.2, 0.25) is 0 Å². The van der Waals surface area contributed by atoms with Crippen molar-refractivity contribution in [3.63, 3.8) is 0 Å². The molecule has 0 atom stereocenters. The van der Waals surface area contributed by atoms with Crippen LogP contribution < -0.4 is 5.32 Å². The van der Waals surface area contributed by atoms with Gasteiger partial charge in [0.2, 0.25) is 0 Å². The van der Waals surface area contributed by atoms with E-state index in [-0.39, 0.29) is 12.5 Å². The zero-order chi connectivity index (χ0) is 19.1. The van der Waals surface area contributed by atoms with Gasteiger partial charge >= 0.3 is 5.97 Å². The standard InChI is InChI=1S/C21H23N3O3/c1-2-3-6-13-22-20(25)14-27-21(26)16-9-11-17(12-10-16)24-15-23-18-7-4-5-8-19(18)24/h4-5,7-12,15H,2-3,6,13-14H2,1H3,(H,22,25). The lowest BCUT2D eigenvalue weighted by Crippen LogP contribution is -2.29. The highest BCUT2D eigenvalue weighted by molar-refractivity contribution is 5.91. The average molecular weight is 365 g/mol. The summed E-state index contributed by atoms with van der Waals surface area (Å²) in [6, 6.07) is 14.9. The van der Waals surface area contributed by atoms with Crippen molar-refractivity contribution in [1.82, 2.24) is 14.9 Å². The molecule has 0 aliphatic rings. The number of nitrogens with one attached hydrogen (secondary N) is 1. The monoisotopic (exact) mass is 365 g/mol. The molecule has 0 aliphatic carbocycles. The predicted molar refractivity (Wildman–Crippen MR) is 104 cm³/mol. The minimum absolute atomic E-state index is 0.265. The van der Waals surface area contributed by atoms with Gasteiger partial charge in [0, 0.05) is 12.2 Å². The fourth-order valence-corrected chi connectivity index (χ4v) is 2.79. The molecule has 1 amide bonds. The molecule has 0 unspecified atom stereocenters. The fourth-order valence-electron chi connectivity index (χ4n) is 2.79. The molecule has 0 saturated carbocycles. The smallest absolute Gasteiger partial charge is 0.338 e. The number of esters is 1. The molecule has 1 N–H and O–H groups in total. The third kappa shape index (κ3) is 4.73. The first-order chi connectivity index (χ1) is 13.2. The second kappa shape index (κ2) is 8.98. The number of nitrogens with zero attached hydrogens (tertiary/aromatic N) is 2. The highest BCUT2D eigenvalue weighted by Gasteiger charge is 2.11. The van der Waals surface area contributed by atoms with Crippen molar-refractivity contribution in [2.75, 3.05) is 13.2 Å². The summed E-state index contributed by atoms with van der Waals surface area (Å²) >= 11 is 0. The number of imidazole rings is 1. The lowest BCUT2D eigenvalue weighted by molar-refractivity contribution is -0.124. The number of hydrogen-bond acceptors (Lipinski definition) is 4. The Labute approximate surface area is 158 Å². The van der Waals surface area contributed by atoms with E-state index < -0.39 is 5.97 Å². The maximum Gasteiger partial charge on any atom is 0.338 e. The maximum absolute atomic E-state index is 12.1. The summed E-state index contributed by atoms with van der Waals surface area (Å²) in [6.07, 6.45) is 4.84. The van der Waals surface area contributed by atoms with Crippen molar-refractivity contribution in [1.29, 1.82) is 0 Å². The zero-order valence-corrected chi connectivity index (χ0v) is 15.4. The van der Waals surface area contributed by atoms with Crippen LogP contribution in [0.15, 0.2) is 54.9 Å². The molecule has 2 aromatic carbocycles. The Hall–Kier alpha value is -3.15. The number of para-hydroxylation sites is 2. The summed E-state index contributed by atoms with van der Waals surface area (Å²) in [4.78, 5) is 28.2. The van der Waals surface area contributed by atoms with E-state index in [0.29, 0.717) is 12.1 Å². The molecule has 0 saturated heterocycles. The van der Waals surface area contributed by atoms with Crippen molar-refractivity contribution in [3.05, 3.63) is 60.4 Å². The highest BCUT2D eigenvalue weighted by atomic mass is 16.5. The van der Waals surface area contributed by atoms with E-state index >= 15 is 0 Å². The van der Waals surface area contributed by atoms with Gasteiger partial charge < -0.3 is 10.1 Å². The van der Waals surface area contributed by atoms with Crippen LogP contribution in [0.5, 0.6) is 0 Å². The first-order valence-electron chi connectivity index (χ1n) is 9.15. The number of amides is 1. The van der Waals surface area contributed by atoms with E-state index in [1.165, 1.54) is 0 Å². The van der Waals surface area contributed by atoms with Crippen molar-refractivity contribution < 1.29 is 14.3 Å². The second-order valence-corrected chi connectivity index (χ2v) is 6.28. The van der Waals surface area contributed by atoms with Gasteiger partial charge in [-0.25, -0.2) is 9.78 Å². The van der Waals surface area contributed by atoms with Gasteiger partial charge in [0.15, 0.2) is 6.61 Å². The topological polar surface area (TPSA) is 73.2 Å². The number of carbonyl (C=O) groups is 2. The van der Waals surface area contributed by atoms with Gasteiger partial charge in [0.25, 0.3) is 5.91 Å². The van der Waals surface area contributed by atoms with Crippen LogP contribution in [0.1, 0.15) is 36.5 Å². The molecule has 0 aliphatic heterocycles. The molecule has 0 spiro atoms. The molecule has 0 bridgehead atoms. The first-order valence-corrected chi connectivity index (χ1v) is 9.15. The Morgan fingerprint density at radius 2 is 1.85 bits per heavy atom. The van der Waals surface area contributed by atoms with Crippen LogP contribution in [0.3, 0.4) is 0 Å². The minimum Gasteiger partial charge on any atom is -0.452 e. The molecule has 0 radical (unpaired) electrons. The van der Waals surface area contributed by atoms with Gasteiger partial charge in [-0.15, -0.1) is 0 Å². The van der Waals surface area contributed by atoms with Gasteiger partial charge in [-0.2, -0.15) is 0 Å². The van der Waals surface area contributed by atoms with Crippen molar-refractivity contribution in [3.8, 4) is 5.69 Å². The van der Waals surface area contributed by atoms with Gasteiger partial charge in [0.1, 0.15) is 6.33 Å². The molecule has 3 aromatic rings. The number of ether oxygens (including phenoxy) is 1. The van der Waals surface area contributed by atoms with Crippen LogP contribution in [-0.4, -0.2) is 34.6 Å². The van der Waals surface area contributed by atoms with E-state index in [1.54, 1.807) is 18.5 Å². The summed E-state index contributed by atoms with van der Waals surface area (Å²) < 4.78 is 7.03. The lowest BCUT2D eigenvalue weighted by Gasteiger charge is -2.08. The highest BCUT2D eigenvalue weighted by Crippen LogP contribution is 2.18. The number of benzene rings is 2. The molecule has 1 heterocycles. The van der Waals surface area contributed by atoms with Crippen LogP contribution >= 0.6 is 0 Å². The largest absolute Gasteiger partial charge is 0.452 e. The molecule has 27 heavy (non-hydrogen) atoms. The van der Waals surface area contributed by atoms with Gasteiger partial charge in [-0.05, 0) is 42.8 Å². The first kappa shape index (κ1) is 18.6. The molecule has 6 nitrogen and oxygen atoms in total. The van der Waals surface area contributed by atoms with Crippen LogP contribution in [-0.2, 0) is 9.53 Å². The maximum atomic E-state index is 12.1. The number of rotatable bonds is 8. The van der Waals surface area contributed by atoms with Crippen LogP contribution in [0, 0.1) is 0 Å². The second-order valence-electron chi connectivity index (χ2n) is 6.28. The number of aromatic nitrogens is 2. The van der Waals surface area contributed by atoms with E-state index in [1.807, 2.05) is 41.0 Å². The predicted octanol–water partition coefficient (Wildman–Crippen LogP) is 3.49. The van der Waals surface area contributed by atoms with Crippen LogP contribution in [0.4, 0.5) is 0 Å². The Morgan fingerprint density at radius 3 is 2.63 bits per heavy atom. The molecule has 6 heteroatoms. The Kier molecular flexibility index (Phi) is 6.20. The average Bonchev–Trinajstić information content (AvgIpc) is 3.14. The molecule has 1 aromatic heterocycles. The van der Waals surface area contributed by atoms with Gasteiger partial charge in [0.05, 0.1) is 16.6 Å². The Morgan fingerprint density at radius 1 is 1.07 bits per heavy atom. The van der Waals surface area contributed by atoms with Crippen molar-refractivity contribution in [2.24, 2.45) is 0 Å². The third-order valence-electron chi connectivity index (χ3n) is 4.27. The number of carbonyl (C=O) groups excluding carboxylic acids is 2. The summed E-state index contributed by atoms with van der Waals surface area (Å²) in [5.74, 6) is -0.790. The van der Waals surface area contributed by atoms with Crippen LogP contribution in [0.25, 0.3) is 16.7 Å². The van der Waals surface area contributed by atoms with E-state index in [9.17, 15) is 9.59 Å². The zero-order valence-electron chi connectivity index (χ0n) is 15.4. The quantitative estimate of drug-likeness (QED) is 0.490. The molecule has 3 rings (SSSR count). The van der Waals surface area contributed by atoms with E-state index in [2.05, 4.69) is 17.2 Å². The van der Waals surface area contributed by atoms with Gasteiger partial charge in [-0.1, -0.05) is 31.9 Å². The molecule has 140 valence electrons. The Balaban J connectivity index is 1.57. The summed E-state index contributed by atoms with van der Waals surface area (Å²) in [5, 5.41) is 2.74. The summed E-state index contributed by atoms with van der Waals surface area (Å²) in [6.45, 7) is 2.45. The van der Waals surface area contributed by atoms with E-state index in [4.69, 9.17) is 4.74 Å². The van der Waals surface area contributed by atoms with Gasteiger partial charge in [-0.3, -0.25) is 9.36 Å². The van der Waals surface area contributed by atoms with Crippen molar-refractivity contribution >= 4 is 22.9 Å². The van der Waals surface area contributed by atoms with Crippen molar-refractivity contribution in [2.45, 2.75) is 26.2 Å². The SMILES string of the molecule is CCCCCNC(=O)COC(=O)c1ccc(-n2cnc3ccccc32)cc1. The normalized spacial score (nSPS) is 10.7. The third-order valence-corrected chi connectivity index (χ3v) is 4.27. The number of unbranched alkanes of at least 4 members (excludes halogenated alkanes) is 2. The number of hydrogen-bond donors (Lipinski definition) is 1. The minimum atomic E-state index is -0.513.